The summed E-state index contributed by atoms with van der Waals surface area (Å²) in [5.74, 6) is 1.23. The number of piperazine rings is 1. The van der Waals surface area contributed by atoms with E-state index in [2.05, 4.69) is 27.8 Å². The number of anilines is 1. The van der Waals surface area contributed by atoms with E-state index in [4.69, 9.17) is 0 Å². The third kappa shape index (κ3) is 2.65. The van der Waals surface area contributed by atoms with Gasteiger partial charge in [-0.3, -0.25) is 4.79 Å². The van der Waals surface area contributed by atoms with Gasteiger partial charge in [0.25, 0.3) is 0 Å². The molecular formula is C16H23N3O. The average molecular weight is 273 g/mol. The molecule has 0 aromatic carbocycles. The summed E-state index contributed by atoms with van der Waals surface area (Å²) < 4.78 is 0. The molecule has 1 amide bonds. The molecule has 0 atom stereocenters. The van der Waals surface area contributed by atoms with E-state index in [9.17, 15) is 4.79 Å². The van der Waals surface area contributed by atoms with Crippen LogP contribution in [0.5, 0.6) is 0 Å². The maximum atomic E-state index is 12.4. The fourth-order valence-electron chi connectivity index (χ4n) is 3.45. The Morgan fingerprint density at radius 2 is 2.00 bits per heavy atom. The molecule has 1 aliphatic carbocycles. The fraction of sp³-hybridized carbons (Fsp3) is 0.625. The van der Waals surface area contributed by atoms with Crippen LogP contribution in [0.4, 0.5) is 5.82 Å². The number of hydrogen-bond donors (Lipinski definition) is 0. The molecule has 4 heteroatoms. The lowest BCUT2D eigenvalue weighted by atomic mass is 9.93. The van der Waals surface area contributed by atoms with Gasteiger partial charge >= 0.3 is 0 Å². The molecule has 1 aliphatic heterocycles. The molecule has 108 valence electrons. The quantitative estimate of drug-likeness (QED) is 0.830. The van der Waals surface area contributed by atoms with Gasteiger partial charge in [0.05, 0.1) is 6.54 Å². The number of hydrogen-bond acceptors (Lipinski definition) is 3. The van der Waals surface area contributed by atoms with Crippen LogP contribution < -0.4 is 4.90 Å². The predicted octanol–water partition coefficient (Wildman–Crippen LogP) is 2.37. The lowest BCUT2D eigenvalue weighted by Crippen LogP contribution is -2.54. The van der Waals surface area contributed by atoms with E-state index in [0.29, 0.717) is 12.6 Å². The van der Waals surface area contributed by atoms with Crippen molar-refractivity contribution < 1.29 is 4.79 Å². The summed E-state index contributed by atoms with van der Waals surface area (Å²) in [5, 5.41) is 0. The van der Waals surface area contributed by atoms with Crippen LogP contribution in [0, 0.1) is 6.92 Å². The van der Waals surface area contributed by atoms with Gasteiger partial charge in [-0.05, 0) is 31.4 Å². The standard InChI is InChI=1S/C16H23N3O/c1-13-6-5-9-17-16(13)18-10-11-19(15(20)12-18)14-7-3-2-4-8-14/h5-6,9,14H,2-4,7-8,10-12H2,1H3. The van der Waals surface area contributed by atoms with Gasteiger partial charge in [-0.15, -0.1) is 0 Å². The van der Waals surface area contributed by atoms with Crippen molar-refractivity contribution in [2.45, 2.75) is 45.1 Å². The monoisotopic (exact) mass is 273 g/mol. The normalized spacial score (nSPS) is 21.4. The SMILES string of the molecule is Cc1cccnc1N1CCN(C2CCCCC2)C(=O)C1. The van der Waals surface area contributed by atoms with Crippen LogP contribution in [-0.4, -0.2) is 41.5 Å². The van der Waals surface area contributed by atoms with Gasteiger partial charge in [-0.2, -0.15) is 0 Å². The Labute approximate surface area is 120 Å². The van der Waals surface area contributed by atoms with Gasteiger partial charge in [0.2, 0.25) is 5.91 Å². The van der Waals surface area contributed by atoms with Crippen LogP contribution in [0.1, 0.15) is 37.7 Å². The highest BCUT2D eigenvalue weighted by molar-refractivity contribution is 5.83. The minimum atomic E-state index is 0.271. The summed E-state index contributed by atoms with van der Waals surface area (Å²) in [4.78, 5) is 21.1. The van der Waals surface area contributed by atoms with Crippen LogP contribution in [0.15, 0.2) is 18.3 Å². The first-order chi connectivity index (χ1) is 9.75. The molecule has 0 N–H and O–H groups in total. The van der Waals surface area contributed by atoms with Crippen LogP contribution in [0.2, 0.25) is 0 Å². The number of pyridine rings is 1. The van der Waals surface area contributed by atoms with E-state index in [0.717, 1.165) is 24.5 Å². The van der Waals surface area contributed by atoms with Crippen molar-refractivity contribution >= 4 is 11.7 Å². The van der Waals surface area contributed by atoms with Crippen molar-refractivity contribution in [2.75, 3.05) is 24.5 Å². The van der Waals surface area contributed by atoms with Crippen molar-refractivity contribution in [2.24, 2.45) is 0 Å². The van der Waals surface area contributed by atoms with Crippen LogP contribution in [0.3, 0.4) is 0 Å². The highest BCUT2D eigenvalue weighted by atomic mass is 16.2. The third-order valence-electron chi connectivity index (χ3n) is 4.55. The number of nitrogens with zero attached hydrogens (tertiary/aromatic N) is 3. The van der Waals surface area contributed by atoms with Gasteiger partial charge < -0.3 is 9.80 Å². The summed E-state index contributed by atoms with van der Waals surface area (Å²) in [7, 11) is 0. The number of aryl methyl sites for hydroxylation is 1. The Kier molecular flexibility index (Phi) is 3.90. The van der Waals surface area contributed by atoms with Gasteiger partial charge in [0, 0.05) is 25.3 Å². The zero-order valence-electron chi connectivity index (χ0n) is 12.2. The van der Waals surface area contributed by atoms with Crippen molar-refractivity contribution in [1.82, 2.24) is 9.88 Å². The zero-order chi connectivity index (χ0) is 13.9. The van der Waals surface area contributed by atoms with Crippen molar-refractivity contribution in [3.05, 3.63) is 23.9 Å². The van der Waals surface area contributed by atoms with E-state index in [1.165, 1.54) is 32.1 Å². The molecular weight excluding hydrogens is 250 g/mol. The Hall–Kier alpha value is -1.58. The van der Waals surface area contributed by atoms with Gasteiger partial charge in [-0.1, -0.05) is 25.3 Å². The van der Waals surface area contributed by atoms with E-state index in [-0.39, 0.29) is 5.91 Å². The van der Waals surface area contributed by atoms with Crippen LogP contribution in [0.25, 0.3) is 0 Å². The molecule has 1 saturated heterocycles. The first kappa shape index (κ1) is 13.4. The van der Waals surface area contributed by atoms with Gasteiger partial charge in [0.15, 0.2) is 0 Å². The summed E-state index contributed by atoms with van der Waals surface area (Å²) in [6.07, 6.45) is 8.07. The molecule has 3 rings (SSSR count). The largest absolute Gasteiger partial charge is 0.345 e. The van der Waals surface area contributed by atoms with Crippen LogP contribution >= 0.6 is 0 Å². The Morgan fingerprint density at radius 1 is 1.20 bits per heavy atom. The molecule has 0 radical (unpaired) electrons. The third-order valence-corrected chi connectivity index (χ3v) is 4.55. The highest BCUT2D eigenvalue weighted by Gasteiger charge is 2.31. The summed E-state index contributed by atoms with van der Waals surface area (Å²) in [6.45, 7) is 4.29. The van der Waals surface area contributed by atoms with Crippen LogP contribution in [-0.2, 0) is 4.79 Å². The predicted molar refractivity (Wildman–Crippen MR) is 79.8 cm³/mol. The van der Waals surface area contributed by atoms with E-state index in [1.54, 1.807) is 6.20 Å². The maximum absolute atomic E-state index is 12.4. The molecule has 1 aromatic heterocycles. The second kappa shape index (κ2) is 5.81. The first-order valence-corrected chi connectivity index (χ1v) is 7.72. The van der Waals surface area contributed by atoms with Gasteiger partial charge in [-0.25, -0.2) is 4.98 Å². The fourth-order valence-corrected chi connectivity index (χ4v) is 3.45. The summed E-state index contributed by atoms with van der Waals surface area (Å²) in [5.41, 5.74) is 1.14. The lowest BCUT2D eigenvalue weighted by molar-refractivity contribution is -0.134. The Balaban J connectivity index is 1.67. The maximum Gasteiger partial charge on any atom is 0.242 e. The molecule has 0 spiro atoms. The smallest absolute Gasteiger partial charge is 0.242 e. The molecule has 0 unspecified atom stereocenters. The number of carbonyl (C=O) groups excluding carboxylic acids is 1. The zero-order valence-corrected chi connectivity index (χ0v) is 12.2. The molecule has 4 nitrogen and oxygen atoms in total. The number of rotatable bonds is 2. The van der Waals surface area contributed by atoms with E-state index in [1.807, 2.05) is 6.07 Å². The average Bonchev–Trinajstić information content (AvgIpc) is 2.48. The molecule has 20 heavy (non-hydrogen) atoms. The first-order valence-electron chi connectivity index (χ1n) is 7.72. The molecule has 2 aliphatic rings. The van der Waals surface area contributed by atoms with Crippen molar-refractivity contribution in [1.29, 1.82) is 0 Å². The molecule has 0 bridgehead atoms. The molecule has 2 heterocycles. The molecule has 2 fully saturated rings. The minimum absolute atomic E-state index is 0.271. The summed E-state index contributed by atoms with van der Waals surface area (Å²) >= 11 is 0. The Morgan fingerprint density at radius 3 is 2.70 bits per heavy atom. The number of aromatic nitrogens is 1. The number of amides is 1. The topological polar surface area (TPSA) is 36.4 Å². The summed E-state index contributed by atoms with van der Waals surface area (Å²) in [6, 6.07) is 4.49. The number of carbonyl (C=O) groups is 1. The van der Waals surface area contributed by atoms with Crippen molar-refractivity contribution in [3.8, 4) is 0 Å². The van der Waals surface area contributed by atoms with Gasteiger partial charge in [0.1, 0.15) is 5.82 Å². The van der Waals surface area contributed by atoms with Crippen molar-refractivity contribution in [3.63, 3.8) is 0 Å². The van der Waals surface area contributed by atoms with E-state index >= 15 is 0 Å². The Bertz CT molecular complexity index is 482. The second-order valence-electron chi connectivity index (χ2n) is 5.94. The molecule has 1 aromatic rings. The molecule has 1 saturated carbocycles. The minimum Gasteiger partial charge on any atom is -0.345 e. The second-order valence-corrected chi connectivity index (χ2v) is 5.94. The lowest BCUT2D eigenvalue weighted by Gasteiger charge is -2.41. The highest BCUT2D eigenvalue weighted by Crippen LogP contribution is 2.25. The van der Waals surface area contributed by atoms with E-state index < -0.39 is 0 Å².